The molecule has 0 saturated heterocycles. The van der Waals surface area contributed by atoms with Gasteiger partial charge in [-0.1, -0.05) is 6.92 Å². The van der Waals surface area contributed by atoms with E-state index in [0.29, 0.717) is 6.54 Å². The molecule has 5 heteroatoms. The summed E-state index contributed by atoms with van der Waals surface area (Å²) in [5.74, 6) is -0.470. The molecule has 84 valence electrons. The molecule has 0 saturated carbocycles. The molecule has 1 unspecified atom stereocenters. The van der Waals surface area contributed by atoms with Crippen LogP contribution in [-0.2, 0) is 17.8 Å². The molecule has 15 heavy (non-hydrogen) atoms. The molecule has 0 aliphatic heterocycles. The van der Waals surface area contributed by atoms with Crippen LogP contribution in [0.15, 0.2) is 12.1 Å². The van der Waals surface area contributed by atoms with Gasteiger partial charge < -0.3 is 16.8 Å². The van der Waals surface area contributed by atoms with E-state index in [-0.39, 0.29) is 0 Å². The van der Waals surface area contributed by atoms with E-state index in [9.17, 15) is 4.79 Å². The molecule has 4 nitrogen and oxygen atoms in total. The van der Waals surface area contributed by atoms with Crippen molar-refractivity contribution in [2.45, 2.75) is 25.9 Å². The van der Waals surface area contributed by atoms with Gasteiger partial charge in [0.25, 0.3) is 0 Å². The van der Waals surface area contributed by atoms with Crippen LogP contribution in [0.1, 0.15) is 16.7 Å². The fraction of sp³-hybridized carbons (Fsp3) is 0.500. The molecule has 1 rings (SSSR count). The normalized spacial score (nSPS) is 12.7. The largest absolute Gasteiger partial charge is 0.368 e. The SMILES string of the molecule is CCc1ccc(CNCC(N)C(N)=O)s1. The van der Waals surface area contributed by atoms with Gasteiger partial charge in [-0.2, -0.15) is 0 Å². The summed E-state index contributed by atoms with van der Waals surface area (Å²) in [5.41, 5.74) is 10.5. The van der Waals surface area contributed by atoms with Crippen molar-refractivity contribution in [3.8, 4) is 0 Å². The molecule has 0 aromatic carbocycles. The number of carbonyl (C=O) groups excluding carboxylic acids is 1. The molecule has 0 radical (unpaired) electrons. The van der Waals surface area contributed by atoms with Crippen LogP contribution in [-0.4, -0.2) is 18.5 Å². The Morgan fingerprint density at radius 3 is 2.73 bits per heavy atom. The summed E-state index contributed by atoms with van der Waals surface area (Å²) < 4.78 is 0. The van der Waals surface area contributed by atoms with E-state index in [0.717, 1.165) is 13.0 Å². The number of hydrogen-bond acceptors (Lipinski definition) is 4. The Hall–Kier alpha value is -0.910. The van der Waals surface area contributed by atoms with Crippen molar-refractivity contribution in [2.75, 3.05) is 6.54 Å². The van der Waals surface area contributed by atoms with E-state index in [1.807, 2.05) is 0 Å². The summed E-state index contributed by atoms with van der Waals surface area (Å²) in [6.45, 7) is 3.30. The lowest BCUT2D eigenvalue weighted by Gasteiger charge is -2.07. The number of nitrogens with two attached hydrogens (primary N) is 2. The van der Waals surface area contributed by atoms with Crippen LogP contribution in [0.5, 0.6) is 0 Å². The highest BCUT2D eigenvalue weighted by Gasteiger charge is 2.07. The van der Waals surface area contributed by atoms with Gasteiger partial charge in [-0.25, -0.2) is 0 Å². The van der Waals surface area contributed by atoms with E-state index >= 15 is 0 Å². The molecule has 1 atom stereocenters. The first kappa shape index (κ1) is 12.2. The zero-order valence-corrected chi connectivity index (χ0v) is 9.64. The fourth-order valence-corrected chi connectivity index (χ4v) is 2.09. The average molecular weight is 227 g/mol. The summed E-state index contributed by atoms with van der Waals surface area (Å²) in [6.07, 6.45) is 1.06. The molecular weight excluding hydrogens is 210 g/mol. The van der Waals surface area contributed by atoms with E-state index in [1.165, 1.54) is 9.75 Å². The lowest BCUT2D eigenvalue weighted by Crippen LogP contribution is -2.44. The van der Waals surface area contributed by atoms with Gasteiger partial charge in [-0.3, -0.25) is 4.79 Å². The van der Waals surface area contributed by atoms with E-state index < -0.39 is 11.9 Å². The summed E-state index contributed by atoms with van der Waals surface area (Å²) >= 11 is 1.77. The third-order valence-corrected chi connectivity index (χ3v) is 3.32. The standard InChI is InChI=1S/C10H17N3OS/c1-2-7-3-4-8(15-7)5-13-6-9(11)10(12)14/h3-4,9,13H,2,5-6,11H2,1H3,(H2,12,14). The van der Waals surface area contributed by atoms with Crippen LogP contribution in [0.25, 0.3) is 0 Å². The third kappa shape index (κ3) is 3.99. The predicted molar refractivity (Wildman–Crippen MR) is 62.6 cm³/mol. The van der Waals surface area contributed by atoms with Crippen molar-refractivity contribution in [3.05, 3.63) is 21.9 Å². The van der Waals surface area contributed by atoms with Crippen molar-refractivity contribution in [2.24, 2.45) is 11.5 Å². The van der Waals surface area contributed by atoms with Crippen LogP contribution in [0.2, 0.25) is 0 Å². The van der Waals surface area contributed by atoms with Crippen LogP contribution >= 0.6 is 11.3 Å². The maximum absolute atomic E-state index is 10.7. The molecule has 0 aliphatic carbocycles. The van der Waals surface area contributed by atoms with Gasteiger partial charge in [0.15, 0.2) is 0 Å². The molecule has 1 aromatic rings. The minimum absolute atomic E-state index is 0.425. The number of nitrogens with one attached hydrogen (secondary N) is 1. The summed E-state index contributed by atoms with van der Waals surface area (Å²) in [7, 11) is 0. The molecule has 5 N–H and O–H groups in total. The van der Waals surface area contributed by atoms with Crippen molar-refractivity contribution in [3.63, 3.8) is 0 Å². The quantitative estimate of drug-likeness (QED) is 0.650. The number of carbonyl (C=O) groups is 1. The highest BCUT2D eigenvalue weighted by atomic mass is 32.1. The van der Waals surface area contributed by atoms with Crippen LogP contribution in [0, 0.1) is 0 Å². The van der Waals surface area contributed by atoms with Gasteiger partial charge in [0.2, 0.25) is 5.91 Å². The first-order chi connectivity index (χ1) is 7.13. The van der Waals surface area contributed by atoms with Gasteiger partial charge in [-0.15, -0.1) is 11.3 Å². The number of thiophene rings is 1. The second-order valence-electron chi connectivity index (χ2n) is 3.36. The first-order valence-electron chi connectivity index (χ1n) is 4.96. The Morgan fingerprint density at radius 2 is 2.20 bits per heavy atom. The monoisotopic (exact) mass is 227 g/mol. The molecule has 1 aromatic heterocycles. The lowest BCUT2D eigenvalue weighted by atomic mass is 10.3. The van der Waals surface area contributed by atoms with E-state index in [1.54, 1.807) is 11.3 Å². The summed E-state index contributed by atoms with van der Waals surface area (Å²) in [6, 6.07) is 3.61. The highest BCUT2D eigenvalue weighted by Crippen LogP contribution is 2.16. The van der Waals surface area contributed by atoms with Crippen LogP contribution in [0.4, 0.5) is 0 Å². The minimum Gasteiger partial charge on any atom is -0.368 e. The predicted octanol–water partition coefficient (Wildman–Crippen LogP) is 0.213. The number of hydrogen-bond donors (Lipinski definition) is 3. The van der Waals surface area contributed by atoms with Crippen LogP contribution in [0.3, 0.4) is 0 Å². The Bertz CT molecular complexity index is 324. The fourth-order valence-electron chi connectivity index (χ4n) is 1.16. The Labute approximate surface area is 93.7 Å². The zero-order valence-electron chi connectivity index (χ0n) is 8.82. The minimum atomic E-state index is -0.601. The lowest BCUT2D eigenvalue weighted by molar-refractivity contribution is -0.119. The van der Waals surface area contributed by atoms with Gasteiger partial charge >= 0.3 is 0 Å². The number of rotatable bonds is 6. The van der Waals surface area contributed by atoms with E-state index in [2.05, 4.69) is 24.4 Å². The average Bonchev–Trinajstić information content (AvgIpc) is 2.65. The molecule has 0 aliphatic rings. The molecule has 0 fully saturated rings. The smallest absolute Gasteiger partial charge is 0.235 e. The van der Waals surface area contributed by atoms with Gasteiger partial charge in [0, 0.05) is 22.8 Å². The second-order valence-corrected chi connectivity index (χ2v) is 4.61. The number of aryl methyl sites for hydroxylation is 1. The maximum atomic E-state index is 10.7. The number of primary amides is 1. The summed E-state index contributed by atoms with van der Waals surface area (Å²) in [4.78, 5) is 13.3. The Balaban J connectivity index is 2.28. The topological polar surface area (TPSA) is 81.1 Å². The van der Waals surface area contributed by atoms with Gasteiger partial charge in [0.1, 0.15) is 0 Å². The van der Waals surface area contributed by atoms with Crippen molar-refractivity contribution < 1.29 is 4.79 Å². The second kappa shape index (κ2) is 5.85. The third-order valence-electron chi connectivity index (χ3n) is 2.09. The molecular formula is C10H17N3OS. The maximum Gasteiger partial charge on any atom is 0.235 e. The van der Waals surface area contributed by atoms with Crippen molar-refractivity contribution in [1.82, 2.24) is 5.32 Å². The van der Waals surface area contributed by atoms with E-state index in [4.69, 9.17) is 11.5 Å². The molecule has 1 heterocycles. The van der Waals surface area contributed by atoms with Gasteiger partial charge in [-0.05, 0) is 18.6 Å². The molecule has 0 spiro atoms. The Morgan fingerprint density at radius 1 is 1.53 bits per heavy atom. The van der Waals surface area contributed by atoms with Gasteiger partial charge in [0.05, 0.1) is 6.04 Å². The highest BCUT2D eigenvalue weighted by molar-refractivity contribution is 7.11. The first-order valence-corrected chi connectivity index (χ1v) is 5.78. The van der Waals surface area contributed by atoms with Crippen LogP contribution < -0.4 is 16.8 Å². The number of amides is 1. The Kier molecular flexibility index (Phi) is 4.74. The molecule has 0 bridgehead atoms. The molecule has 1 amide bonds. The zero-order chi connectivity index (χ0) is 11.3. The van der Waals surface area contributed by atoms with Crippen molar-refractivity contribution >= 4 is 17.2 Å². The summed E-state index contributed by atoms with van der Waals surface area (Å²) in [5, 5.41) is 3.10. The van der Waals surface area contributed by atoms with Crippen molar-refractivity contribution in [1.29, 1.82) is 0 Å².